The summed E-state index contributed by atoms with van der Waals surface area (Å²) in [6.07, 6.45) is 1.24. The summed E-state index contributed by atoms with van der Waals surface area (Å²) in [4.78, 5) is 11.5. The third-order valence-electron chi connectivity index (χ3n) is 2.84. The highest BCUT2D eigenvalue weighted by Gasteiger charge is 2.16. The summed E-state index contributed by atoms with van der Waals surface area (Å²) in [7, 11) is 0. The molecule has 0 aliphatic carbocycles. The molecule has 0 bridgehead atoms. The maximum Gasteiger partial charge on any atom is 0.251 e. The number of rotatable bonds is 4. The molecule has 0 saturated heterocycles. The van der Waals surface area contributed by atoms with Crippen LogP contribution in [0.25, 0.3) is 0 Å². The van der Waals surface area contributed by atoms with Crippen molar-refractivity contribution in [3.63, 3.8) is 0 Å². The molecule has 3 N–H and O–H groups in total. The molecule has 2 rings (SSSR count). The fraction of sp³-hybridized carbons (Fsp3) is 0.308. The first-order valence-electron chi connectivity index (χ1n) is 5.76. The number of fused-ring (bicyclic) bond motifs is 1. The largest absolute Gasteiger partial charge is 0.489 e. The maximum absolute atomic E-state index is 12.3. The van der Waals surface area contributed by atoms with Crippen molar-refractivity contribution in [1.29, 1.82) is 0 Å². The summed E-state index contributed by atoms with van der Waals surface area (Å²) < 4.78 is 17.7. The molecule has 0 radical (unpaired) electrons. The van der Waals surface area contributed by atoms with Crippen LogP contribution in [0, 0.1) is 0 Å². The number of nitrogens with one attached hydrogen (secondary N) is 1. The number of amides is 1. The first-order chi connectivity index (χ1) is 8.74. The van der Waals surface area contributed by atoms with E-state index < -0.39 is 0 Å². The zero-order chi connectivity index (χ0) is 13.0. The predicted molar refractivity (Wildman–Crippen MR) is 73.5 cm³/mol. The van der Waals surface area contributed by atoms with E-state index in [1.54, 1.807) is 12.1 Å². The molecule has 0 fully saturated rings. The van der Waals surface area contributed by atoms with Gasteiger partial charge >= 0.3 is 0 Å². The van der Waals surface area contributed by atoms with Crippen molar-refractivity contribution < 1.29 is 13.9 Å². The highest BCUT2D eigenvalue weighted by molar-refractivity contribution is 5.96. The van der Waals surface area contributed by atoms with E-state index in [2.05, 4.69) is 5.32 Å². The second-order valence-electron chi connectivity index (χ2n) is 4.09. The minimum Gasteiger partial charge on any atom is -0.489 e. The van der Waals surface area contributed by atoms with Gasteiger partial charge in [0.05, 0.1) is 6.33 Å². The van der Waals surface area contributed by atoms with Gasteiger partial charge in [-0.1, -0.05) is 0 Å². The summed E-state index contributed by atoms with van der Waals surface area (Å²) >= 11 is 0. The van der Waals surface area contributed by atoms with Gasteiger partial charge in [-0.25, -0.2) is 4.39 Å². The summed E-state index contributed by atoms with van der Waals surface area (Å²) in [6.45, 7) is 0.884. The molecular formula is C13H16ClFN2O2. The SMILES string of the molecule is Cl.NC/C(=C/F)COc1ccc2c(c1)CCNC2=O. The molecule has 19 heavy (non-hydrogen) atoms. The van der Waals surface area contributed by atoms with Crippen LogP contribution >= 0.6 is 12.4 Å². The number of hydrogen-bond donors (Lipinski definition) is 2. The van der Waals surface area contributed by atoms with E-state index in [4.69, 9.17) is 10.5 Å². The number of hydrogen-bond acceptors (Lipinski definition) is 3. The minimum atomic E-state index is -0.0610. The smallest absolute Gasteiger partial charge is 0.251 e. The predicted octanol–water partition coefficient (Wildman–Crippen LogP) is 1.59. The Morgan fingerprint density at radius 2 is 2.32 bits per heavy atom. The van der Waals surface area contributed by atoms with Crippen LogP contribution in [-0.4, -0.2) is 25.6 Å². The minimum absolute atomic E-state index is 0. The van der Waals surface area contributed by atoms with Crippen LogP contribution in [0.3, 0.4) is 0 Å². The van der Waals surface area contributed by atoms with Gasteiger partial charge in [-0.05, 0) is 30.2 Å². The van der Waals surface area contributed by atoms with Crippen LogP contribution in [-0.2, 0) is 6.42 Å². The van der Waals surface area contributed by atoms with E-state index in [0.717, 1.165) is 12.0 Å². The molecule has 0 atom stereocenters. The van der Waals surface area contributed by atoms with Gasteiger partial charge in [0.1, 0.15) is 12.4 Å². The van der Waals surface area contributed by atoms with Gasteiger partial charge in [-0.15, -0.1) is 12.4 Å². The van der Waals surface area contributed by atoms with Crippen molar-refractivity contribution >= 4 is 18.3 Å². The molecular weight excluding hydrogens is 271 g/mol. The highest BCUT2D eigenvalue weighted by Crippen LogP contribution is 2.21. The van der Waals surface area contributed by atoms with Gasteiger partial charge in [0, 0.05) is 24.2 Å². The van der Waals surface area contributed by atoms with E-state index in [1.807, 2.05) is 6.07 Å². The average Bonchev–Trinajstić information content (AvgIpc) is 2.40. The summed E-state index contributed by atoms with van der Waals surface area (Å²) in [5, 5.41) is 2.77. The number of benzene rings is 1. The van der Waals surface area contributed by atoms with Crippen molar-refractivity contribution in [2.75, 3.05) is 19.7 Å². The first-order valence-corrected chi connectivity index (χ1v) is 5.76. The zero-order valence-electron chi connectivity index (χ0n) is 10.3. The molecule has 0 aromatic heterocycles. The normalized spacial score (nSPS) is 14.2. The van der Waals surface area contributed by atoms with E-state index in [1.165, 1.54) is 0 Å². The molecule has 104 valence electrons. The lowest BCUT2D eigenvalue weighted by Crippen LogP contribution is -2.31. The molecule has 0 saturated carbocycles. The first kappa shape index (κ1) is 15.5. The van der Waals surface area contributed by atoms with Crippen LogP contribution in [0.4, 0.5) is 4.39 Å². The molecule has 0 unspecified atom stereocenters. The monoisotopic (exact) mass is 286 g/mol. The van der Waals surface area contributed by atoms with Crippen molar-refractivity contribution in [2.45, 2.75) is 6.42 Å². The lowest BCUT2D eigenvalue weighted by atomic mass is 10.0. The standard InChI is InChI=1S/C13H15FN2O2.ClH/c14-6-9(7-15)8-18-11-1-2-12-10(5-11)3-4-16-13(12)17;/h1-2,5-6H,3-4,7-8,15H2,(H,16,17);1H/b9-6-;. The second kappa shape index (κ2) is 7.11. The average molecular weight is 287 g/mol. The Labute approximate surface area is 117 Å². The maximum atomic E-state index is 12.3. The lowest BCUT2D eigenvalue weighted by Gasteiger charge is -2.17. The summed E-state index contributed by atoms with van der Waals surface area (Å²) in [5.41, 5.74) is 7.36. The molecule has 1 amide bonds. The summed E-state index contributed by atoms with van der Waals surface area (Å²) in [6, 6.07) is 5.25. The van der Waals surface area contributed by atoms with Gasteiger partial charge in [-0.3, -0.25) is 4.79 Å². The summed E-state index contributed by atoms with van der Waals surface area (Å²) in [5.74, 6) is 0.561. The Morgan fingerprint density at radius 3 is 3.00 bits per heavy atom. The zero-order valence-corrected chi connectivity index (χ0v) is 11.1. The molecule has 1 heterocycles. The third-order valence-corrected chi connectivity index (χ3v) is 2.84. The van der Waals surface area contributed by atoms with Gasteiger partial charge < -0.3 is 15.8 Å². The van der Waals surface area contributed by atoms with Crippen molar-refractivity contribution in [2.24, 2.45) is 5.73 Å². The van der Waals surface area contributed by atoms with Crippen molar-refractivity contribution in [3.8, 4) is 5.75 Å². The van der Waals surface area contributed by atoms with E-state index >= 15 is 0 Å². The third kappa shape index (κ3) is 3.68. The van der Waals surface area contributed by atoms with Crippen LogP contribution < -0.4 is 15.8 Å². The number of halogens is 2. The topological polar surface area (TPSA) is 64.3 Å². The quantitative estimate of drug-likeness (QED) is 0.883. The van der Waals surface area contributed by atoms with Crippen LogP contribution in [0.2, 0.25) is 0 Å². The van der Waals surface area contributed by atoms with E-state index in [0.29, 0.717) is 29.8 Å². The fourth-order valence-electron chi connectivity index (χ4n) is 1.81. The van der Waals surface area contributed by atoms with E-state index in [9.17, 15) is 9.18 Å². The molecule has 4 nitrogen and oxygen atoms in total. The van der Waals surface area contributed by atoms with Gasteiger partial charge in [0.2, 0.25) is 0 Å². The lowest BCUT2D eigenvalue weighted by molar-refractivity contribution is 0.0946. The number of nitrogens with two attached hydrogens (primary N) is 1. The molecule has 1 aromatic carbocycles. The van der Waals surface area contributed by atoms with Gasteiger partial charge in [0.15, 0.2) is 0 Å². The number of carbonyl (C=O) groups is 1. The van der Waals surface area contributed by atoms with Crippen LogP contribution in [0.5, 0.6) is 5.75 Å². The fourth-order valence-corrected chi connectivity index (χ4v) is 1.81. The molecule has 0 spiro atoms. The van der Waals surface area contributed by atoms with Crippen LogP contribution in [0.1, 0.15) is 15.9 Å². The van der Waals surface area contributed by atoms with Crippen molar-refractivity contribution in [3.05, 3.63) is 41.2 Å². The van der Waals surface area contributed by atoms with E-state index in [-0.39, 0.29) is 31.5 Å². The molecule has 6 heteroatoms. The molecule has 1 aromatic rings. The van der Waals surface area contributed by atoms with Gasteiger partial charge in [0.25, 0.3) is 5.91 Å². The Bertz CT molecular complexity index is 492. The van der Waals surface area contributed by atoms with Gasteiger partial charge in [-0.2, -0.15) is 0 Å². The Hall–Kier alpha value is -1.59. The molecule has 1 aliphatic heterocycles. The number of ether oxygens (including phenoxy) is 1. The Kier molecular flexibility index (Phi) is 5.79. The van der Waals surface area contributed by atoms with Crippen LogP contribution in [0.15, 0.2) is 30.1 Å². The second-order valence-corrected chi connectivity index (χ2v) is 4.09. The Morgan fingerprint density at radius 1 is 1.53 bits per heavy atom. The number of carbonyl (C=O) groups excluding carboxylic acids is 1. The van der Waals surface area contributed by atoms with Crippen molar-refractivity contribution in [1.82, 2.24) is 5.32 Å². The Balaban J connectivity index is 0.00000180. The highest BCUT2D eigenvalue weighted by atomic mass is 35.5. The molecule has 1 aliphatic rings.